The van der Waals surface area contributed by atoms with Crippen molar-refractivity contribution < 1.29 is 4.39 Å². The highest BCUT2D eigenvalue weighted by molar-refractivity contribution is 6.31. The van der Waals surface area contributed by atoms with E-state index in [-0.39, 0.29) is 5.82 Å². The second-order valence-electron chi connectivity index (χ2n) is 6.19. The molecule has 2 aromatic carbocycles. The first-order valence-electron chi connectivity index (χ1n) is 7.90. The second kappa shape index (κ2) is 4.98. The van der Waals surface area contributed by atoms with E-state index >= 15 is 0 Å². The summed E-state index contributed by atoms with van der Waals surface area (Å²) in [6.07, 6.45) is 4.15. The van der Waals surface area contributed by atoms with Gasteiger partial charge >= 0.3 is 0 Å². The summed E-state index contributed by atoms with van der Waals surface area (Å²) in [4.78, 5) is 7.83. The van der Waals surface area contributed by atoms with Gasteiger partial charge in [-0.25, -0.2) is 9.37 Å². The number of nitrogens with zero attached hydrogens (tertiary/aromatic N) is 2. The highest BCUT2D eigenvalue weighted by atomic mass is 35.5. The lowest BCUT2D eigenvalue weighted by Gasteiger charge is -2.09. The molecule has 0 amide bonds. The van der Waals surface area contributed by atoms with Crippen molar-refractivity contribution >= 4 is 45.2 Å². The fourth-order valence-electron chi connectivity index (χ4n) is 3.18. The van der Waals surface area contributed by atoms with E-state index in [0.717, 1.165) is 40.9 Å². The smallest absolute Gasteiger partial charge is 0.208 e. The molecule has 1 aliphatic carbocycles. The minimum atomic E-state index is -0.270. The van der Waals surface area contributed by atoms with Gasteiger partial charge in [-0.15, -0.1) is 0 Å². The van der Waals surface area contributed by atoms with Crippen molar-refractivity contribution in [3.05, 3.63) is 53.4 Å². The molecule has 4 nitrogen and oxygen atoms in total. The van der Waals surface area contributed by atoms with Crippen molar-refractivity contribution in [3.8, 4) is 0 Å². The van der Waals surface area contributed by atoms with Gasteiger partial charge in [-0.3, -0.25) is 0 Å². The van der Waals surface area contributed by atoms with Crippen LogP contribution in [-0.2, 0) is 0 Å². The van der Waals surface area contributed by atoms with E-state index in [1.165, 1.54) is 12.1 Å². The first kappa shape index (κ1) is 13.9. The largest absolute Gasteiger partial charge is 0.359 e. The average Bonchev–Trinajstić information content (AvgIpc) is 3.23. The van der Waals surface area contributed by atoms with Gasteiger partial charge in [0.25, 0.3) is 0 Å². The lowest BCUT2D eigenvalue weighted by molar-refractivity contribution is 0.629. The molecular formula is C18H14ClFN4. The van der Waals surface area contributed by atoms with Crippen molar-refractivity contribution in [2.45, 2.75) is 18.9 Å². The van der Waals surface area contributed by atoms with Crippen LogP contribution in [0.4, 0.5) is 16.0 Å². The fourth-order valence-corrected chi connectivity index (χ4v) is 3.35. The standard InChI is InChI=1S/C18H14ClFN4/c19-10-1-5-14-13(7-10)16(9-21-14)23-18-22-15-8-11(20)2-6-17(15)24(18)12-3-4-12/h1-2,5-9,12,21H,3-4H2,(H,22,23). The maximum atomic E-state index is 13.5. The summed E-state index contributed by atoms with van der Waals surface area (Å²) in [5.41, 5.74) is 3.54. The molecule has 0 bridgehead atoms. The number of imidazole rings is 1. The van der Waals surface area contributed by atoms with Crippen LogP contribution in [0.2, 0.25) is 5.02 Å². The molecule has 0 spiro atoms. The molecule has 2 aromatic heterocycles. The molecule has 6 heteroatoms. The number of halogens is 2. The Balaban J connectivity index is 1.65. The summed E-state index contributed by atoms with van der Waals surface area (Å²) in [5, 5.41) is 5.08. The van der Waals surface area contributed by atoms with Gasteiger partial charge in [0.2, 0.25) is 5.95 Å². The van der Waals surface area contributed by atoms with Crippen molar-refractivity contribution in [2.75, 3.05) is 5.32 Å². The summed E-state index contributed by atoms with van der Waals surface area (Å²) < 4.78 is 15.7. The Morgan fingerprint density at radius 1 is 1.21 bits per heavy atom. The average molecular weight is 341 g/mol. The van der Waals surface area contributed by atoms with Crippen molar-refractivity contribution in [3.63, 3.8) is 0 Å². The quantitative estimate of drug-likeness (QED) is 0.525. The Morgan fingerprint density at radius 3 is 2.92 bits per heavy atom. The van der Waals surface area contributed by atoms with Gasteiger partial charge in [0.05, 0.1) is 16.7 Å². The Labute approximate surface area is 142 Å². The lowest BCUT2D eigenvalue weighted by atomic mass is 10.2. The SMILES string of the molecule is Fc1ccc2c(c1)nc(Nc1c[nH]c3ccc(Cl)cc13)n2C1CC1. The van der Waals surface area contributed by atoms with Crippen LogP contribution in [0.3, 0.4) is 0 Å². The van der Waals surface area contributed by atoms with Gasteiger partial charge in [-0.1, -0.05) is 11.6 Å². The van der Waals surface area contributed by atoms with E-state index in [0.29, 0.717) is 16.6 Å². The molecule has 24 heavy (non-hydrogen) atoms. The van der Waals surface area contributed by atoms with Gasteiger partial charge < -0.3 is 14.9 Å². The molecule has 120 valence electrons. The number of benzene rings is 2. The van der Waals surface area contributed by atoms with E-state index in [1.54, 1.807) is 6.07 Å². The van der Waals surface area contributed by atoms with Crippen LogP contribution in [-0.4, -0.2) is 14.5 Å². The number of hydrogen-bond acceptors (Lipinski definition) is 2. The minimum absolute atomic E-state index is 0.270. The van der Waals surface area contributed by atoms with Gasteiger partial charge in [-0.05, 0) is 43.2 Å². The predicted molar refractivity (Wildman–Crippen MR) is 94.6 cm³/mol. The number of anilines is 2. The summed E-state index contributed by atoms with van der Waals surface area (Å²) in [7, 11) is 0. The number of hydrogen-bond donors (Lipinski definition) is 2. The molecule has 0 saturated heterocycles. The number of aromatic amines is 1. The summed E-state index contributed by atoms with van der Waals surface area (Å²) in [6, 6.07) is 10.9. The first-order chi connectivity index (χ1) is 11.7. The summed E-state index contributed by atoms with van der Waals surface area (Å²) in [5.74, 6) is 0.465. The van der Waals surface area contributed by atoms with Crippen LogP contribution in [0.1, 0.15) is 18.9 Å². The molecule has 1 fully saturated rings. The Morgan fingerprint density at radius 2 is 2.08 bits per heavy atom. The highest BCUT2D eigenvalue weighted by Gasteiger charge is 2.28. The number of fused-ring (bicyclic) bond motifs is 2. The monoisotopic (exact) mass is 340 g/mol. The lowest BCUT2D eigenvalue weighted by Crippen LogP contribution is -2.01. The predicted octanol–water partition coefficient (Wildman–Crippen LogP) is 5.39. The third kappa shape index (κ3) is 2.16. The maximum absolute atomic E-state index is 13.5. The zero-order chi connectivity index (χ0) is 16.3. The zero-order valence-electron chi connectivity index (χ0n) is 12.7. The maximum Gasteiger partial charge on any atom is 0.208 e. The highest BCUT2D eigenvalue weighted by Crippen LogP contribution is 2.41. The second-order valence-corrected chi connectivity index (χ2v) is 6.62. The minimum Gasteiger partial charge on any atom is -0.359 e. The summed E-state index contributed by atoms with van der Waals surface area (Å²) in [6.45, 7) is 0. The third-order valence-corrected chi connectivity index (χ3v) is 4.69. The van der Waals surface area contributed by atoms with E-state index in [9.17, 15) is 4.39 Å². The normalized spacial score (nSPS) is 14.6. The molecule has 0 atom stereocenters. The van der Waals surface area contributed by atoms with Crippen molar-refractivity contribution in [1.82, 2.24) is 14.5 Å². The summed E-state index contributed by atoms with van der Waals surface area (Å²) >= 11 is 6.12. The molecule has 0 radical (unpaired) electrons. The van der Waals surface area contributed by atoms with Crippen LogP contribution in [0.5, 0.6) is 0 Å². The molecule has 0 unspecified atom stereocenters. The first-order valence-corrected chi connectivity index (χ1v) is 8.28. The fraction of sp³-hybridized carbons (Fsp3) is 0.167. The van der Waals surface area contributed by atoms with E-state index in [2.05, 4.69) is 19.9 Å². The molecule has 4 aromatic rings. The molecule has 1 aliphatic rings. The van der Waals surface area contributed by atoms with Crippen molar-refractivity contribution in [2.24, 2.45) is 0 Å². The van der Waals surface area contributed by atoms with Crippen LogP contribution >= 0.6 is 11.6 Å². The van der Waals surface area contributed by atoms with Crippen LogP contribution in [0.15, 0.2) is 42.6 Å². The van der Waals surface area contributed by atoms with E-state index in [4.69, 9.17) is 11.6 Å². The van der Waals surface area contributed by atoms with Gasteiger partial charge in [0.1, 0.15) is 5.82 Å². The van der Waals surface area contributed by atoms with E-state index < -0.39 is 0 Å². The number of H-pyrrole nitrogens is 1. The molecular weight excluding hydrogens is 327 g/mol. The number of rotatable bonds is 3. The Bertz CT molecular complexity index is 1080. The number of nitrogens with one attached hydrogen (secondary N) is 2. The molecule has 5 rings (SSSR count). The van der Waals surface area contributed by atoms with Crippen LogP contribution in [0, 0.1) is 5.82 Å². The molecule has 2 heterocycles. The van der Waals surface area contributed by atoms with Crippen molar-refractivity contribution in [1.29, 1.82) is 0 Å². The van der Waals surface area contributed by atoms with Gasteiger partial charge in [-0.2, -0.15) is 0 Å². The Hall–Kier alpha value is -2.53. The third-order valence-electron chi connectivity index (χ3n) is 4.45. The molecule has 0 aliphatic heterocycles. The van der Waals surface area contributed by atoms with Gasteiger partial charge in [0, 0.05) is 34.2 Å². The topological polar surface area (TPSA) is 45.6 Å². The molecule has 2 N–H and O–H groups in total. The Kier molecular flexibility index (Phi) is 2.88. The van der Waals surface area contributed by atoms with Crippen LogP contribution < -0.4 is 5.32 Å². The number of aromatic nitrogens is 3. The molecule has 1 saturated carbocycles. The van der Waals surface area contributed by atoms with Crippen LogP contribution in [0.25, 0.3) is 21.9 Å². The zero-order valence-corrected chi connectivity index (χ0v) is 13.4. The van der Waals surface area contributed by atoms with Gasteiger partial charge in [0.15, 0.2) is 0 Å². The van der Waals surface area contributed by atoms with E-state index in [1.807, 2.05) is 24.4 Å².